The van der Waals surface area contributed by atoms with Crippen molar-refractivity contribution in [3.05, 3.63) is 58.7 Å². The van der Waals surface area contributed by atoms with Gasteiger partial charge in [-0.25, -0.2) is 0 Å². The van der Waals surface area contributed by atoms with Crippen molar-refractivity contribution >= 4 is 11.8 Å². The fourth-order valence-electron chi connectivity index (χ4n) is 2.40. The van der Waals surface area contributed by atoms with Gasteiger partial charge in [0.1, 0.15) is 0 Å². The van der Waals surface area contributed by atoms with Gasteiger partial charge in [0.25, 0.3) is 0 Å². The molecule has 2 aromatic carbocycles. The molecule has 0 aliphatic heterocycles. The first-order chi connectivity index (χ1) is 13.9. The van der Waals surface area contributed by atoms with Crippen LogP contribution in [0.1, 0.15) is 91.5 Å². The number of benzene rings is 2. The summed E-state index contributed by atoms with van der Waals surface area (Å²) in [5.41, 5.74) is 5.36. The van der Waals surface area contributed by atoms with E-state index >= 15 is 0 Å². The Hall–Kier alpha value is -0.576. The normalized spacial score (nSPS) is 11.2. The first-order valence-electron chi connectivity index (χ1n) is 11.0. The second-order valence-corrected chi connectivity index (χ2v) is 11.7. The Bertz CT molecular complexity index is 727. The predicted molar refractivity (Wildman–Crippen MR) is 132 cm³/mol. The molecule has 0 heterocycles. The Labute approximate surface area is 217 Å². The van der Waals surface area contributed by atoms with Crippen molar-refractivity contribution in [3.63, 3.8) is 0 Å². The zero-order chi connectivity index (χ0) is 24.6. The fraction of sp³-hybridized carbons (Fsp3) is 0.571. The maximum absolute atomic E-state index is 9.53. The first-order valence-corrected chi connectivity index (χ1v) is 11.8. The average Bonchev–Trinajstić information content (AvgIpc) is 2.51. The van der Waals surface area contributed by atoms with E-state index in [0.717, 1.165) is 0 Å². The maximum Gasteiger partial charge on any atom is 4.00 e. The summed E-state index contributed by atoms with van der Waals surface area (Å²) in [6, 6.07) is 16.1. The SMILES string of the molecule is CC(C)[O-].CC(C)[O-].Cc1cc(Sc2[c-]c(C(C)(C)C)cc(C)c2)[c-]c(C(C)(C)C)c1.[Ti+4]. The minimum atomic E-state index is -0.417. The molecule has 0 unspecified atom stereocenters. The van der Waals surface area contributed by atoms with Crippen LogP contribution in [0.2, 0.25) is 0 Å². The van der Waals surface area contributed by atoms with Crippen LogP contribution >= 0.6 is 11.8 Å². The van der Waals surface area contributed by atoms with Crippen molar-refractivity contribution in [2.24, 2.45) is 0 Å². The molecule has 0 bridgehead atoms. The summed E-state index contributed by atoms with van der Waals surface area (Å²) in [5, 5.41) is 19.1. The number of hydrogen-bond donors (Lipinski definition) is 0. The fourth-order valence-corrected chi connectivity index (χ4v) is 3.45. The molecule has 0 amide bonds. The van der Waals surface area contributed by atoms with E-state index in [1.807, 2.05) is 0 Å². The third-order valence-electron chi connectivity index (χ3n) is 3.81. The van der Waals surface area contributed by atoms with Gasteiger partial charge in [-0.2, -0.15) is 58.7 Å². The van der Waals surface area contributed by atoms with Crippen LogP contribution in [-0.2, 0) is 32.5 Å². The van der Waals surface area contributed by atoms with E-state index in [4.69, 9.17) is 0 Å². The second kappa shape index (κ2) is 14.6. The van der Waals surface area contributed by atoms with E-state index in [-0.39, 0.29) is 32.5 Å². The second-order valence-electron chi connectivity index (χ2n) is 10.6. The van der Waals surface area contributed by atoms with Crippen molar-refractivity contribution in [2.75, 3.05) is 0 Å². The van der Waals surface area contributed by atoms with Crippen molar-refractivity contribution in [2.45, 2.75) is 116 Å². The van der Waals surface area contributed by atoms with E-state index in [9.17, 15) is 10.2 Å². The zero-order valence-corrected chi connectivity index (χ0v) is 24.6. The smallest absolute Gasteiger partial charge is 0.852 e. The molecule has 0 radical (unpaired) electrons. The molecule has 0 aliphatic rings. The van der Waals surface area contributed by atoms with Gasteiger partial charge in [0, 0.05) is 0 Å². The molecule has 0 N–H and O–H groups in total. The van der Waals surface area contributed by atoms with Gasteiger partial charge in [0.2, 0.25) is 0 Å². The molecule has 0 saturated heterocycles. The van der Waals surface area contributed by atoms with Crippen LogP contribution in [-0.4, -0.2) is 12.2 Å². The van der Waals surface area contributed by atoms with Gasteiger partial charge in [0.15, 0.2) is 0 Å². The van der Waals surface area contributed by atoms with Gasteiger partial charge in [-0.15, -0.1) is 33.8 Å². The first kappa shape index (κ1) is 33.6. The van der Waals surface area contributed by atoms with Crippen LogP contribution in [0.25, 0.3) is 0 Å². The quantitative estimate of drug-likeness (QED) is 0.374. The molecule has 2 nitrogen and oxygen atoms in total. The minimum Gasteiger partial charge on any atom is -0.852 e. The van der Waals surface area contributed by atoms with E-state index in [0.29, 0.717) is 0 Å². The Morgan fingerprint density at radius 1 is 0.656 bits per heavy atom. The molecule has 176 valence electrons. The van der Waals surface area contributed by atoms with Crippen LogP contribution in [0.5, 0.6) is 0 Å². The molecule has 0 spiro atoms. The van der Waals surface area contributed by atoms with Crippen LogP contribution in [0.3, 0.4) is 0 Å². The Balaban J connectivity index is 0. The minimum absolute atomic E-state index is 0. The molecular weight excluding hydrogens is 448 g/mol. The monoisotopic (exact) mass is 490 g/mol. The Morgan fingerprint density at radius 2 is 0.906 bits per heavy atom. The molecule has 0 fully saturated rings. The third-order valence-corrected chi connectivity index (χ3v) is 4.69. The Kier molecular flexibility index (Phi) is 15.4. The van der Waals surface area contributed by atoms with Gasteiger partial charge < -0.3 is 10.2 Å². The Morgan fingerprint density at radius 3 is 1.12 bits per heavy atom. The van der Waals surface area contributed by atoms with E-state index in [1.165, 1.54) is 32.0 Å². The predicted octanol–water partition coefficient (Wildman–Crippen LogP) is 6.16. The average molecular weight is 491 g/mol. The van der Waals surface area contributed by atoms with Crippen LogP contribution in [0, 0.1) is 26.0 Å². The van der Waals surface area contributed by atoms with Crippen LogP contribution < -0.4 is 10.2 Å². The van der Waals surface area contributed by atoms with Crippen molar-refractivity contribution in [1.82, 2.24) is 0 Å². The van der Waals surface area contributed by atoms with Crippen molar-refractivity contribution < 1.29 is 31.9 Å². The molecule has 4 heteroatoms. The summed E-state index contributed by atoms with van der Waals surface area (Å²) in [4.78, 5) is 2.35. The largest absolute Gasteiger partial charge is 4.00 e. The van der Waals surface area contributed by atoms with E-state index in [2.05, 4.69) is 91.8 Å². The molecule has 0 aliphatic carbocycles. The van der Waals surface area contributed by atoms with Gasteiger partial charge in [-0.3, -0.25) is 0 Å². The van der Waals surface area contributed by atoms with Crippen molar-refractivity contribution in [1.29, 1.82) is 0 Å². The van der Waals surface area contributed by atoms with Crippen LogP contribution in [0.4, 0.5) is 0 Å². The summed E-state index contributed by atoms with van der Waals surface area (Å²) in [6.07, 6.45) is -0.833. The third kappa shape index (κ3) is 15.3. The number of rotatable bonds is 2. The molecule has 2 aromatic rings. The summed E-state index contributed by atoms with van der Waals surface area (Å²) >= 11 is 1.77. The van der Waals surface area contributed by atoms with Gasteiger partial charge in [-0.05, 0) is 10.8 Å². The van der Waals surface area contributed by atoms with Crippen LogP contribution in [0.15, 0.2) is 34.1 Å². The molecule has 2 rings (SSSR count). The van der Waals surface area contributed by atoms with Gasteiger partial charge in [-0.1, -0.05) is 83.1 Å². The number of aryl methyl sites for hydroxylation is 2. The van der Waals surface area contributed by atoms with E-state index < -0.39 is 12.2 Å². The van der Waals surface area contributed by atoms with Gasteiger partial charge >= 0.3 is 21.7 Å². The molecule has 0 atom stereocenters. The number of hydrogen-bond acceptors (Lipinski definition) is 3. The molecular formula is C28H42O2STi. The summed E-state index contributed by atoms with van der Waals surface area (Å²) in [6.45, 7) is 24.2. The topological polar surface area (TPSA) is 46.1 Å². The van der Waals surface area contributed by atoms with Gasteiger partial charge in [0.05, 0.1) is 0 Å². The van der Waals surface area contributed by atoms with E-state index in [1.54, 1.807) is 39.5 Å². The summed E-state index contributed by atoms with van der Waals surface area (Å²) in [5.74, 6) is 0. The van der Waals surface area contributed by atoms with Crippen molar-refractivity contribution in [3.8, 4) is 0 Å². The zero-order valence-electron chi connectivity index (χ0n) is 22.2. The summed E-state index contributed by atoms with van der Waals surface area (Å²) < 4.78 is 0. The standard InChI is InChI=1S/C22H28S.2C3H7O.Ti/c1-15-9-17(21(3,4)5)13-19(11-15)23-20-12-16(2)10-18(14-20)22(6,7)8;2*1-3(2)4;/h9-12H,1-8H3;2*3H,1-2H3;/q-2;2*-1;+4. The molecule has 32 heavy (non-hydrogen) atoms. The summed E-state index contributed by atoms with van der Waals surface area (Å²) in [7, 11) is 0. The molecule has 0 saturated carbocycles. The maximum atomic E-state index is 9.53. The molecule has 0 aromatic heterocycles.